The molecule has 1 aliphatic rings. The fourth-order valence-corrected chi connectivity index (χ4v) is 3.84. The Bertz CT molecular complexity index is 790. The predicted octanol–water partition coefficient (Wildman–Crippen LogP) is 2.67. The first-order valence-electron chi connectivity index (χ1n) is 8.67. The molecule has 3 rings (SSSR count). The lowest BCUT2D eigenvalue weighted by atomic mass is 10.2. The van der Waals surface area contributed by atoms with Crippen molar-refractivity contribution >= 4 is 28.4 Å². The Morgan fingerprint density at radius 2 is 2.15 bits per heavy atom. The van der Waals surface area contributed by atoms with Gasteiger partial charge in [-0.3, -0.25) is 14.7 Å². The summed E-state index contributed by atoms with van der Waals surface area (Å²) < 4.78 is 0. The molecule has 7 nitrogen and oxygen atoms in total. The number of urea groups is 1. The lowest BCUT2D eigenvalue weighted by Gasteiger charge is -2.18. The molecule has 1 N–H and O–H groups in total. The zero-order chi connectivity index (χ0) is 18.7. The number of hydrogen-bond acceptors (Lipinski definition) is 5. The highest BCUT2D eigenvalue weighted by molar-refractivity contribution is 7.17. The van der Waals surface area contributed by atoms with E-state index in [1.165, 1.54) is 11.3 Å². The van der Waals surface area contributed by atoms with E-state index in [4.69, 9.17) is 0 Å². The van der Waals surface area contributed by atoms with Gasteiger partial charge in [-0.25, -0.2) is 9.78 Å². The molecule has 0 unspecified atom stereocenters. The van der Waals surface area contributed by atoms with E-state index in [9.17, 15) is 9.59 Å². The van der Waals surface area contributed by atoms with Gasteiger partial charge in [0.1, 0.15) is 4.88 Å². The third kappa shape index (κ3) is 4.01. The normalized spacial score (nSPS) is 14.4. The summed E-state index contributed by atoms with van der Waals surface area (Å²) in [5.74, 6) is 0.229. The van der Waals surface area contributed by atoms with Crippen LogP contribution in [0.15, 0.2) is 24.4 Å². The maximum atomic E-state index is 12.6. The van der Waals surface area contributed by atoms with Crippen molar-refractivity contribution in [3.8, 4) is 0 Å². The Balaban J connectivity index is 1.67. The molecule has 0 saturated carbocycles. The molecule has 0 aliphatic carbocycles. The van der Waals surface area contributed by atoms with Gasteiger partial charge in [-0.2, -0.15) is 0 Å². The van der Waals surface area contributed by atoms with Gasteiger partial charge >= 0.3 is 6.03 Å². The number of thiazole rings is 1. The maximum absolute atomic E-state index is 12.6. The van der Waals surface area contributed by atoms with Crippen LogP contribution in [0.2, 0.25) is 0 Å². The van der Waals surface area contributed by atoms with Crippen molar-refractivity contribution in [1.82, 2.24) is 20.2 Å². The average molecular weight is 373 g/mol. The summed E-state index contributed by atoms with van der Waals surface area (Å²) in [5.41, 5.74) is 1.43. The van der Waals surface area contributed by atoms with Crippen molar-refractivity contribution in [3.05, 3.63) is 40.7 Å². The molecule has 2 aromatic rings. The van der Waals surface area contributed by atoms with Crippen LogP contribution in [0.3, 0.4) is 0 Å². The zero-order valence-corrected chi connectivity index (χ0v) is 16.0. The molecule has 0 spiro atoms. The Kier molecular flexibility index (Phi) is 5.51. The summed E-state index contributed by atoms with van der Waals surface area (Å²) in [6.07, 6.45) is 1.69. The lowest BCUT2D eigenvalue weighted by molar-refractivity contribution is 0.0953. The molecule has 0 radical (unpaired) electrons. The molecule has 8 heteroatoms. The van der Waals surface area contributed by atoms with Crippen LogP contribution in [0, 0.1) is 12.8 Å². The molecule has 1 aliphatic heterocycles. The number of anilines is 1. The zero-order valence-electron chi connectivity index (χ0n) is 15.2. The van der Waals surface area contributed by atoms with Gasteiger partial charge in [-0.15, -0.1) is 0 Å². The molecule has 0 bridgehead atoms. The van der Waals surface area contributed by atoms with E-state index < -0.39 is 0 Å². The quantitative estimate of drug-likeness (QED) is 0.844. The summed E-state index contributed by atoms with van der Waals surface area (Å²) in [6.45, 7) is 8.36. The molecule has 3 amide bonds. The average Bonchev–Trinajstić information content (AvgIpc) is 3.16. The van der Waals surface area contributed by atoms with Crippen molar-refractivity contribution in [2.45, 2.75) is 27.3 Å². The Labute approximate surface area is 157 Å². The molecule has 26 heavy (non-hydrogen) atoms. The maximum Gasteiger partial charge on any atom is 0.326 e. The highest BCUT2D eigenvalue weighted by Crippen LogP contribution is 2.29. The number of nitrogens with one attached hydrogen (secondary N) is 1. The predicted molar refractivity (Wildman–Crippen MR) is 101 cm³/mol. The van der Waals surface area contributed by atoms with Crippen molar-refractivity contribution in [1.29, 1.82) is 0 Å². The number of aromatic nitrogens is 2. The van der Waals surface area contributed by atoms with Gasteiger partial charge in [0, 0.05) is 25.8 Å². The Morgan fingerprint density at radius 1 is 1.35 bits per heavy atom. The van der Waals surface area contributed by atoms with Crippen molar-refractivity contribution < 1.29 is 9.59 Å². The smallest absolute Gasteiger partial charge is 0.326 e. The highest BCUT2D eigenvalue weighted by Gasteiger charge is 2.32. The number of aryl methyl sites for hydroxylation is 1. The number of pyridine rings is 1. The standard InChI is InChI=1S/C18H23N5O2S/c1-12(2)11-22-8-9-23(18(22)25)17-21-13(3)15(26-17)16(24)20-10-14-6-4-5-7-19-14/h4-7,12H,8-11H2,1-3H3,(H,20,24). The van der Waals surface area contributed by atoms with Crippen molar-refractivity contribution in [3.63, 3.8) is 0 Å². The van der Waals surface area contributed by atoms with Crippen LogP contribution in [0.25, 0.3) is 0 Å². The van der Waals surface area contributed by atoms with Crippen LogP contribution in [0.4, 0.5) is 9.93 Å². The molecule has 138 valence electrons. The van der Waals surface area contributed by atoms with Crippen LogP contribution in [-0.2, 0) is 6.54 Å². The monoisotopic (exact) mass is 373 g/mol. The SMILES string of the molecule is Cc1nc(N2CCN(CC(C)C)C2=O)sc1C(=O)NCc1ccccn1. The number of carbonyl (C=O) groups is 2. The molecular weight excluding hydrogens is 350 g/mol. The first kappa shape index (κ1) is 18.3. The van der Waals surface area contributed by atoms with Gasteiger partial charge in [0.25, 0.3) is 5.91 Å². The third-order valence-corrected chi connectivity index (χ3v) is 5.24. The first-order chi connectivity index (χ1) is 12.5. The largest absolute Gasteiger partial charge is 0.346 e. The molecule has 0 aromatic carbocycles. The van der Waals surface area contributed by atoms with Crippen molar-refractivity contribution in [2.75, 3.05) is 24.5 Å². The van der Waals surface area contributed by atoms with Gasteiger partial charge in [0.2, 0.25) is 0 Å². The van der Waals surface area contributed by atoms with Gasteiger partial charge in [-0.1, -0.05) is 31.3 Å². The van der Waals surface area contributed by atoms with Crippen LogP contribution < -0.4 is 10.2 Å². The third-order valence-electron chi connectivity index (χ3n) is 4.06. The van der Waals surface area contributed by atoms with Crippen molar-refractivity contribution in [2.24, 2.45) is 5.92 Å². The number of nitrogens with zero attached hydrogens (tertiary/aromatic N) is 4. The van der Waals surface area contributed by atoms with Gasteiger partial charge in [0.15, 0.2) is 5.13 Å². The van der Waals surface area contributed by atoms with E-state index in [2.05, 4.69) is 29.1 Å². The van der Waals surface area contributed by atoms with E-state index >= 15 is 0 Å². The van der Waals surface area contributed by atoms with Gasteiger partial charge < -0.3 is 10.2 Å². The summed E-state index contributed by atoms with van der Waals surface area (Å²) in [4.78, 5) is 37.7. The highest BCUT2D eigenvalue weighted by atomic mass is 32.1. The number of hydrogen-bond donors (Lipinski definition) is 1. The lowest BCUT2D eigenvalue weighted by Crippen LogP contribution is -2.34. The van der Waals surface area contributed by atoms with E-state index in [1.54, 1.807) is 18.0 Å². The fraction of sp³-hybridized carbons (Fsp3) is 0.444. The first-order valence-corrected chi connectivity index (χ1v) is 9.49. The van der Waals surface area contributed by atoms with Crippen LogP contribution in [0.1, 0.15) is 34.9 Å². The summed E-state index contributed by atoms with van der Waals surface area (Å²) in [5, 5.41) is 3.45. The van der Waals surface area contributed by atoms with Gasteiger partial charge in [0.05, 0.1) is 17.9 Å². The minimum atomic E-state index is -0.192. The number of carbonyl (C=O) groups excluding carboxylic acids is 2. The minimum absolute atomic E-state index is 0.0344. The minimum Gasteiger partial charge on any atom is -0.346 e. The van der Waals surface area contributed by atoms with E-state index in [-0.39, 0.29) is 11.9 Å². The fourth-order valence-electron chi connectivity index (χ4n) is 2.83. The molecule has 0 atom stereocenters. The second-order valence-electron chi connectivity index (χ2n) is 6.69. The summed E-state index contributed by atoms with van der Waals surface area (Å²) >= 11 is 1.26. The van der Waals surface area contributed by atoms with Crippen LogP contribution >= 0.6 is 11.3 Å². The molecule has 3 heterocycles. The van der Waals surface area contributed by atoms with E-state index in [0.29, 0.717) is 41.3 Å². The van der Waals surface area contributed by atoms with Gasteiger partial charge in [-0.05, 0) is 25.0 Å². The second kappa shape index (κ2) is 7.82. The Morgan fingerprint density at radius 3 is 2.85 bits per heavy atom. The summed E-state index contributed by atoms with van der Waals surface area (Å²) in [7, 11) is 0. The molecular formula is C18H23N5O2S. The molecule has 1 saturated heterocycles. The second-order valence-corrected chi connectivity index (χ2v) is 7.67. The van der Waals surface area contributed by atoms with Crippen LogP contribution in [-0.4, -0.2) is 46.4 Å². The molecule has 1 fully saturated rings. The van der Waals surface area contributed by atoms with E-state index in [1.807, 2.05) is 23.1 Å². The van der Waals surface area contributed by atoms with E-state index in [0.717, 1.165) is 12.2 Å². The Hall–Kier alpha value is -2.48. The number of rotatable bonds is 6. The number of amides is 3. The molecule has 2 aromatic heterocycles. The topological polar surface area (TPSA) is 78.4 Å². The van der Waals surface area contributed by atoms with Crippen LogP contribution in [0.5, 0.6) is 0 Å². The summed E-state index contributed by atoms with van der Waals surface area (Å²) in [6, 6.07) is 5.54.